The highest BCUT2D eigenvalue weighted by Gasteiger charge is 2.34. The average Bonchev–Trinajstić information content (AvgIpc) is 3.12. The summed E-state index contributed by atoms with van der Waals surface area (Å²) >= 11 is 6.84. The molecule has 35 heavy (non-hydrogen) atoms. The second-order valence-electron chi connectivity index (χ2n) is 7.82. The molecular weight excluding hydrogens is 486 g/mol. The molecule has 6 nitrogen and oxygen atoms in total. The molecule has 1 saturated heterocycles. The first-order valence-corrected chi connectivity index (χ1v) is 12.1. The molecule has 4 rings (SSSR count). The number of nitrogens with zero attached hydrogens (tertiary/aromatic N) is 1. The number of carbonyl (C=O) groups excluding carboxylic acids is 2. The summed E-state index contributed by atoms with van der Waals surface area (Å²) < 4.78 is 17.0. The zero-order valence-corrected chi connectivity index (χ0v) is 20.9. The van der Waals surface area contributed by atoms with Gasteiger partial charge in [0.1, 0.15) is 19.0 Å². The van der Waals surface area contributed by atoms with Crippen LogP contribution in [0.4, 0.5) is 4.79 Å². The van der Waals surface area contributed by atoms with Gasteiger partial charge in [-0.2, -0.15) is 0 Å². The number of imide groups is 1. The van der Waals surface area contributed by atoms with Crippen LogP contribution in [0.2, 0.25) is 5.02 Å². The van der Waals surface area contributed by atoms with E-state index >= 15 is 0 Å². The number of hydrogen-bond acceptors (Lipinski definition) is 6. The summed E-state index contributed by atoms with van der Waals surface area (Å²) in [4.78, 5) is 26.8. The fourth-order valence-electron chi connectivity index (χ4n) is 3.37. The van der Waals surface area contributed by atoms with E-state index < -0.39 is 0 Å². The van der Waals surface area contributed by atoms with E-state index in [0.717, 1.165) is 28.5 Å². The van der Waals surface area contributed by atoms with E-state index in [0.29, 0.717) is 33.8 Å². The molecule has 0 saturated carbocycles. The minimum absolute atomic E-state index is 0.177. The van der Waals surface area contributed by atoms with Crippen LogP contribution >= 0.6 is 23.4 Å². The normalized spacial score (nSPS) is 14.5. The molecule has 1 aliphatic heterocycles. The van der Waals surface area contributed by atoms with E-state index in [-0.39, 0.29) is 24.3 Å². The van der Waals surface area contributed by atoms with Gasteiger partial charge in [0.05, 0.1) is 18.6 Å². The van der Waals surface area contributed by atoms with Gasteiger partial charge in [0.25, 0.3) is 11.1 Å². The Morgan fingerprint density at radius 2 is 1.69 bits per heavy atom. The van der Waals surface area contributed by atoms with Crippen molar-refractivity contribution in [1.29, 1.82) is 0 Å². The average molecular weight is 510 g/mol. The molecule has 0 bridgehead atoms. The van der Waals surface area contributed by atoms with Gasteiger partial charge in [-0.3, -0.25) is 14.5 Å². The summed E-state index contributed by atoms with van der Waals surface area (Å²) in [6, 6.07) is 20.4. The maximum atomic E-state index is 12.8. The number of halogens is 1. The van der Waals surface area contributed by atoms with Crippen LogP contribution in [0.1, 0.15) is 16.7 Å². The molecule has 1 fully saturated rings. The molecule has 0 N–H and O–H groups in total. The maximum Gasteiger partial charge on any atom is 0.293 e. The van der Waals surface area contributed by atoms with Gasteiger partial charge < -0.3 is 14.2 Å². The molecule has 0 aromatic heterocycles. The van der Waals surface area contributed by atoms with Crippen LogP contribution < -0.4 is 14.2 Å². The van der Waals surface area contributed by atoms with Crippen molar-refractivity contribution in [2.45, 2.75) is 13.5 Å². The highest BCUT2D eigenvalue weighted by atomic mass is 35.5. The van der Waals surface area contributed by atoms with Crippen LogP contribution in [0.15, 0.2) is 71.6 Å². The molecule has 0 unspecified atom stereocenters. The van der Waals surface area contributed by atoms with Crippen molar-refractivity contribution >= 4 is 40.6 Å². The van der Waals surface area contributed by atoms with E-state index in [4.69, 9.17) is 25.8 Å². The van der Waals surface area contributed by atoms with Crippen LogP contribution in [0.5, 0.6) is 17.2 Å². The molecule has 0 radical (unpaired) electrons. The van der Waals surface area contributed by atoms with E-state index in [1.807, 2.05) is 61.5 Å². The van der Waals surface area contributed by atoms with Crippen molar-refractivity contribution in [3.63, 3.8) is 0 Å². The molecule has 3 aromatic rings. The molecule has 1 aliphatic rings. The number of thioether (sulfide) groups is 1. The summed E-state index contributed by atoms with van der Waals surface area (Å²) in [5.74, 6) is 1.46. The maximum absolute atomic E-state index is 12.8. The summed E-state index contributed by atoms with van der Waals surface area (Å²) in [7, 11) is 1.55. The van der Waals surface area contributed by atoms with Gasteiger partial charge in [-0.15, -0.1) is 0 Å². The summed E-state index contributed by atoms with van der Waals surface area (Å²) in [6.45, 7) is 2.75. The van der Waals surface area contributed by atoms with Crippen LogP contribution in [0.25, 0.3) is 6.08 Å². The zero-order chi connectivity index (χ0) is 24.8. The van der Waals surface area contributed by atoms with E-state index in [9.17, 15) is 9.59 Å². The first-order valence-electron chi connectivity index (χ1n) is 10.9. The lowest BCUT2D eigenvalue weighted by molar-refractivity contribution is -0.123. The molecule has 180 valence electrons. The van der Waals surface area contributed by atoms with Crippen molar-refractivity contribution in [2.24, 2.45) is 0 Å². The Labute approximate surface area is 213 Å². The number of rotatable bonds is 9. The number of amides is 2. The predicted octanol–water partition coefficient (Wildman–Crippen LogP) is 6.35. The number of aryl methyl sites for hydroxylation is 1. The van der Waals surface area contributed by atoms with Crippen LogP contribution in [0, 0.1) is 6.92 Å². The van der Waals surface area contributed by atoms with Gasteiger partial charge in [-0.25, -0.2) is 0 Å². The Hall–Kier alpha value is -3.42. The first kappa shape index (κ1) is 24.7. The van der Waals surface area contributed by atoms with Crippen LogP contribution in [0.3, 0.4) is 0 Å². The number of hydrogen-bond donors (Lipinski definition) is 0. The summed E-state index contributed by atoms with van der Waals surface area (Å²) in [5, 5.41) is 0.350. The Bertz CT molecular complexity index is 1240. The topological polar surface area (TPSA) is 65.1 Å². The monoisotopic (exact) mass is 509 g/mol. The minimum atomic E-state index is -0.338. The predicted molar refractivity (Wildman–Crippen MR) is 138 cm³/mol. The molecule has 8 heteroatoms. The fourth-order valence-corrected chi connectivity index (χ4v) is 4.36. The molecule has 1 heterocycles. The van der Waals surface area contributed by atoms with Gasteiger partial charge in [0.2, 0.25) is 0 Å². The third kappa shape index (κ3) is 6.38. The van der Waals surface area contributed by atoms with Crippen LogP contribution in [-0.2, 0) is 11.4 Å². The third-order valence-electron chi connectivity index (χ3n) is 5.27. The number of methoxy groups -OCH3 is 1. The van der Waals surface area contributed by atoms with Crippen molar-refractivity contribution < 1.29 is 23.8 Å². The van der Waals surface area contributed by atoms with Crippen molar-refractivity contribution in [2.75, 3.05) is 20.3 Å². The standard InChI is InChI=1S/C27H24ClNO5S/c1-18-3-10-22(11-4-18)33-14-13-29-26(30)25(35-27(29)31)16-20-7-12-23(24(15-20)32-2)34-17-19-5-8-21(28)9-6-19/h3-12,15-16H,13-14,17H2,1-2H3/b25-16-. The third-order valence-corrected chi connectivity index (χ3v) is 6.43. The Balaban J connectivity index is 1.38. The largest absolute Gasteiger partial charge is 0.493 e. The summed E-state index contributed by atoms with van der Waals surface area (Å²) in [5.41, 5.74) is 2.83. The lowest BCUT2D eigenvalue weighted by Crippen LogP contribution is -2.32. The highest BCUT2D eigenvalue weighted by Crippen LogP contribution is 2.34. The lowest BCUT2D eigenvalue weighted by Gasteiger charge is -2.13. The van der Waals surface area contributed by atoms with E-state index in [1.165, 1.54) is 4.90 Å². The second kappa shape index (κ2) is 11.3. The van der Waals surface area contributed by atoms with Gasteiger partial charge in [-0.05, 0) is 72.3 Å². The fraction of sp³-hybridized carbons (Fsp3) is 0.185. The van der Waals surface area contributed by atoms with Gasteiger partial charge in [0, 0.05) is 5.02 Å². The number of carbonyl (C=O) groups is 2. The van der Waals surface area contributed by atoms with E-state index in [1.54, 1.807) is 25.3 Å². The Morgan fingerprint density at radius 1 is 0.943 bits per heavy atom. The lowest BCUT2D eigenvalue weighted by atomic mass is 10.1. The Morgan fingerprint density at radius 3 is 2.40 bits per heavy atom. The van der Waals surface area contributed by atoms with Crippen molar-refractivity contribution in [1.82, 2.24) is 4.90 Å². The van der Waals surface area contributed by atoms with Crippen molar-refractivity contribution in [3.8, 4) is 17.2 Å². The molecule has 0 atom stereocenters. The molecule has 2 amide bonds. The smallest absolute Gasteiger partial charge is 0.293 e. The van der Waals surface area contributed by atoms with Gasteiger partial charge >= 0.3 is 0 Å². The van der Waals surface area contributed by atoms with Gasteiger partial charge in [-0.1, -0.05) is 47.5 Å². The second-order valence-corrected chi connectivity index (χ2v) is 9.25. The van der Waals surface area contributed by atoms with Crippen LogP contribution in [-0.4, -0.2) is 36.3 Å². The quantitative estimate of drug-likeness (QED) is 0.313. The molecule has 0 spiro atoms. The van der Waals surface area contributed by atoms with Gasteiger partial charge in [0.15, 0.2) is 11.5 Å². The minimum Gasteiger partial charge on any atom is -0.493 e. The molecule has 3 aromatic carbocycles. The van der Waals surface area contributed by atoms with Crippen molar-refractivity contribution in [3.05, 3.63) is 93.3 Å². The Kier molecular flexibility index (Phi) is 8.00. The van der Waals surface area contributed by atoms with E-state index in [2.05, 4.69) is 0 Å². The summed E-state index contributed by atoms with van der Waals surface area (Å²) in [6.07, 6.45) is 1.68. The molecular formula is C27H24ClNO5S. The number of benzene rings is 3. The molecule has 0 aliphatic carbocycles. The number of ether oxygens (including phenoxy) is 3. The SMILES string of the molecule is COc1cc(/C=C2\SC(=O)N(CCOc3ccc(C)cc3)C2=O)ccc1OCc1ccc(Cl)cc1. The highest BCUT2D eigenvalue weighted by molar-refractivity contribution is 8.18. The zero-order valence-electron chi connectivity index (χ0n) is 19.3. The first-order chi connectivity index (χ1) is 16.9.